The van der Waals surface area contributed by atoms with Gasteiger partial charge in [-0.25, -0.2) is 8.42 Å². The maximum absolute atomic E-state index is 11.2. The predicted molar refractivity (Wildman–Crippen MR) is 63.0 cm³/mol. The number of rotatable bonds is 3. The summed E-state index contributed by atoms with van der Waals surface area (Å²) in [7, 11) is -2.76. The van der Waals surface area contributed by atoms with Crippen molar-refractivity contribution in [3.05, 3.63) is 21.9 Å². The Morgan fingerprint density at radius 1 is 1.60 bits per heavy atom. The van der Waals surface area contributed by atoms with Gasteiger partial charge in [-0.2, -0.15) is 0 Å². The minimum atomic E-state index is -2.76. The van der Waals surface area contributed by atoms with Crippen LogP contribution < -0.4 is 5.32 Å². The molecule has 0 bridgehead atoms. The zero-order valence-corrected chi connectivity index (χ0v) is 10.3. The van der Waals surface area contributed by atoms with Crippen LogP contribution in [0.25, 0.3) is 0 Å². The number of nitrogens with one attached hydrogen (secondary N) is 1. The first-order valence-corrected chi connectivity index (χ1v) is 7.74. The van der Waals surface area contributed by atoms with Crippen molar-refractivity contribution in [1.29, 1.82) is 0 Å². The molecule has 3 nitrogen and oxygen atoms in total. The lowest BCUT2D eigenvalue weighted by Gasteiger charge is -2.09. The number of sulfone groups is 1. The molecular formula is C10H15NO2S2. The lowest BCUT2D eigenvalue weighted by molar-refractivity contribution is 0.556. The van der Waals surface area contributed by atoms with Gasteiger partial charge in [-0.1, -0.05) is 0 Å². The van der Waals surface area contributed by atoms with E-state index in [1.54, 1.807) is 11.3 Å². The van der Waals surface area contributed by atoms with E-state index < -0.39 is 9.84 Å². The summed E-state index contributed by atoms with van der Waals surface area (Å²) in [4.78, 5) is 1.30. The van der Waals surface area contributed by atoms with Gasteiger partial charge in [0.15, 0.2) is 9.84 Å². The summed E-state index contributed by atoms with van der Waals surface area (Å²) in [6.07, 6.45) is 0.757. The van der Waals surface area contributed by atoms with Crippen molar-refractivity contribution in [1.82, 2.24) is 5.32 Å². The summed E-state index contributed by atoms with van der Waals surface area (Å²) in [5.41, 5.74) is 1.29. The van der Waals surface area contributed by atoms with Crippen LogP contribution in [0.4, 0.5) is 0 Å². The van der Waals surface area contributed by atoms with Gasteiger partial charge in [0, 0.05) is 17.5 Å². The fraction of sp³-hybridized carbons (Fsp3) is 0.600. The van der Waals surface area contributed by atoms with E-state index in [9.17, 15) is 8.42 Å². The van der Waals surface area contributed by atoms with Gasteiger partial charge in [-0.15, -0.1) is 11.3 Å². The number of hydrogen-bond donors (Lipinski definition) is 1. The molecule has 0 amide bonds. The molecule has 0 radical (unpaired) electrons. The Bertz CT molecular complexity index is 436. The van der Waals surface area contributed by atoms with Crippen LogP contribution in [-0.2, 0) is 16.4 Å². The molecule has 0 aliphatic carbocycles. The topological polar surface area (TPSA) is 46.2 Å². The quantitative estimate of drug-likeness (QED) is 0.874. The lowest BCUT2D eigenvalue weighted by atomic mass is 10.2. The highest BCUT2D eigenvalue weighted by Crippen LogP contribution is 2.17. The van der Waals surface area contributed by atoms with Gasteiger partial charge in [0.05, 0.1) is 11.5 Å². The van der Waals surface area contributed by atoms with E-state index in [-0.39, 0.29) is 6.04 Å². The average Bonchev–Trinajstić information content (AvgIpc) is 2.69. The highest BCUT2D eigenvalue weighted by molar-refractivity contribution is 7.91. The van der Waals surface area contributed by atoms with Crippen molar-refractivity contribution in [2.75, 3.05) is 11.5 Å². The predicted octanol–water partition coefficient (Wildman–Crippen LogP) is 1.33. The molecule has 2 rings (SSSR count). The van der Waals surface area contributed by atoms with Crippen LogP contribution in [0.3, 0.4) is 0 Å². The van der Waals surface area contributed by atoms with Crippen molar-refractivity contribution in [3.63, 3.8) is 0 Å². The lowest BCUT2D eigenvalue weighted by Crippen LogP contribution is -2.29. The molecule has 1 aliphatic rings. The van der Waals surface area contributed by atoms with Crippen molar-refractivity contribution in [2.24, 2.45) is 0 Å². The highest BCUT2D eigenvalue weighted by Gasteiger charge is 2.27. The third-order valence-corrected chi connectivity index (χ3v) is 5.54. The molecule has 1 aromatic heterocycles. The maximum Gasteiger partial charge on any atom is 0.151 e. The smallest absolute Gasteiger partial charge is 0.151 e. The summed E-state index contributed by atoms with van der Waals surface area (Å²) >= 11 is 1.72. The van der Waals surface area contributed by atoms with Gasteiger partial charge in [0.1, 0.15) is 0 Å². The summed E-state index contributed by atoms with van der Waals surface area (Å²) < 4.78 is 22.5. The zero-order chi connectivity index (χ0) is 10.9. The van der Waals surface area contributed by atoms with Crippen LogP contribution >= 0.6 is 11.3 Å². The molecule has 1 N–H and O–H groups in total. The fourth-order valence-corrected chi connectivity index (χ4v) is 4.34. The van der Waals surface area contributed by atoms with Gasteiger partial charge in [-0.05, 0) is 30.4 Å². The first-order chi connectivity index (χ1) is 7.07. The van der Waals surface area contributed by atoms with E-state index in [2.05, 4.69) is 23.7 Å². The van der Waals surface area contributed by atoms with Crippen LogP contribution in [0.1, 0.15) is 16.9 Å². The van der Waals surface area contributed by atoms with Crippen molar-refractivity contribution >= 4 is 21.2 Å². The van der Waals surface area contributed by atoms with Crippen LogP contribution in [0.15, 0.2) is 11.4 Å². The molecule has 0 aromatic carbocycles. The molecule has 0 unspecified atom stereocenters. The molecule has 1 aliphatic heterocycles. The van der Waals surface area contributed by atoms with E-state index in [0.29, 0.717) is 11.5 Å². The Hall–Kier alpha value is -0.390. The molecule has 1 atom stereocenters. The third kappa shape index (κ3) is 2.80. The van der Waals surface area contributed by atoms with Crippen LogP contribution in [-0.4, -0.2) is 26.0 Å². The number of thiophene rings is 1. The van der Waals surface area contributed by atoms with Gasteiger partial charge in [0.2, 0.25) is 0 Å². The van der Waals surface area contributed by atoms with Crippen molar-refractivity contribution in [3.8, 4) is 0 Å². The molecule has 2 heterocycles. The second-order valence-corrected chi connectivity index (χ2v) is 7.24. The van der Waals surface area contributed by atoms with E-state index in [4.69, 9.17) is 0 Å². The normalized spacial score (nSPS) is 24.5. The molecule has 0 saturated carbocycles. The molecule has 5 heteroatoms. The molecular weight excluding hydrogens is 230 g/mol. The SMILES string of the molecule is Cc1ccsc1CN[C@H]1CCS(=O)(=O)C1. The van der Waals surface area contributed by atoms with Gasteiger partial charge >= 0.3 is 0 Å². The first kappa shape index (κ1) is 11.1. The van der Waals surface area contributed by atoms with Crippen LogP contribution in [0.2, 0.25) is 0 Å². The van der Waals surface area contributed by atoms with E-state index in [1.165, 1.54) is 10.4 Å². The first-order valence-electron chi connectivity index (χ1n) is 5.03. The fourth-order valence-electron chi connectivity index (χ4n) is 1.78. The summed E-state index contributed by atoms with van der Waals surface area (Å²) in [5, 5.41) is 5.38. The molecule has 1 saturated heterocycles. The highest BCUT2D eigenvalue weighted by atomic mass is 32.2. The molecule has 1 aromatic rings. The van der Waals surface area contributed by atoms with Gasteiger partial charge in [0.25, 0.3) is 0 Å². The molecule has 15 heavy (non-hydrogen) atoms. The number of aryl methyl sites for hydroxylation is 1. The third-order valence-electron chi connectivity index (χ3n) is 2.75. The summed E-state index contributed by atoms with van der Waals surface area (Å²) in [6, 6.07) is 2.24. The Labute approximate surface area is 94.4 Å². The summed E-state index contributed by atoms with van der Waals surface area (Å²) in [5.74, 6) is 0.644. The Kier molecular flexibility index (Phi) is 3.13. The Balaban J connectivity index is 1.88. The zero-order valence-electron chi connectivity index (χ0n) is 8.69. The number of hydrogen-bond acceptors (Lipinski definition) is 4. The standard InChI is InChI=1S/C10H15NO2S2/c1-8-2-4-14-10(8)6-11-9-3-5-15(12,13)7-9/h2,4,9,11H,3,5-7H2,1H3/t9-/m0/s1. The Morgan fingerprint density at radius 3 is 2.93 bits per heavy atom. The summed E-state index contributed by atoms with van der Waals surface area (Å²) in [6.45, 7) is 2.88. The average molecular weight is 245 g/mol. The van der Waals surface area contributed by atoms with E-state index in [0.717, 1.165) is 13.0 Å². The minimum Gasteiger partial charge on any atom is -0.308 e. The second-order valence-electron chi connectivity index (χ2n) is 4.01. The van der Waals surface area contributed by atoms with Crippen LogP contribution in [0.5, 0.6) is 0 Å². The minimum absolute atomic E-state index is 0.150. The second kappa shape index (κ2) is 4.23. The molecule has 84 valence electrons. The molecule has 0 spiro atoms. The maximum atomic E-state index is 11.2. The molecule has 1 fully saturated rings. The van der Waals surface area contributed by atoms with E-state index in [1.807, 2.05) is 0 Å². The van der Waals surface area contributed by atoms with Crippen LogP contribution in [0, 0.1) is 6.92 Å². The Morgan fingerprint density at radius 2 is 2.40 bits per heavy atom. The largest absolute Gasteiger partial charge is 0.308 e. The van der Waals surface area contributed by atoms with E-state index >= 15 is 0 Å². The van der Waals surface area contributed by atoms with Crippen molar-refractivity contribution in [2.45, 2.75) is 25.9 Å². The monoisotopic (exact) mass is 245 g/mol. The van der Waals surface area contributed by atoms with Gasteiger partial charge < -0.3 is 5.32 Å². The van der Waals surface area contributed by atoms with Crippen molar-refractivity contribution < 1.29 is 8.42 Å². The van der Waals surface area contributed by atoms with Gasteiger partial charge in [-0.3, -0.25) is 0 Å².